The molecule has 0 radical (unpaired) electrons. The lowest BCUT2D eigenvalue weighted by Crippen LogP contribution is -2.00. The summed E-state index contributed by atoms with van der Waals surface area (Å²) in [4.78, 5) is 0. The van der Waals surface area contributed by atoms with Crippen molar-refractivity contribution in [3.63, 3.8) is 0 Å². The van der Waals surface area contributed by atoms with Crippen molar-refractivity contribution < 1.29 is 4.74 Å². The maximum atomic E-state index is 5.09. The molecule has 0 aromatic heterocycles. The largest absolute Gasteiger partial charge is 0.497 e. The molecule has 1 rings (SSSR count). The monoisotopic (exact) mass is 242 g/mol. The van der Waals surface area contributed by atoms with Gasteiger partial charge in [0.05, 0.1) is 7.11 Å². The molecular formula is C11H15BrO. The lowest BCUT2D eigenvalue weighted by Gasteiger charge is -2.07. The average Bonchev–Trinajstić information content (AvgIpc) is 2.19. The number of hydrogen-bond acceptors (Lipinski definition) is 1. The van der Waals surface area contributed by atoms with E-state index in [0.29, 0.717) is 5.92 Å². The molecule has 1 nitrogen and oxygen atoms in total. The summed E-state index contributed by atoms with van der Waals surface area (Å²) in [5.74, 6) is 1.61. The maximum absolute atomic E-state index is 5.09. The summed E-state index contributed by atoms with van der Waals surface area (Å²) >= 11 is 3.48. The molecule has 0 saturated carbocycles. The van der Waals surface area contributed by atoms with Gasteiger partial charge in [0.2, 0.25) is 0 Å². The first-order valence-electron chi connectivity index (χ1n) is 4.45. The molecule has 0 aliphatic carbocycles. The molecule has 0 saturated heterocycles. The van der Waals surface area contributed by atoms with Gasteiger partial charge in [-0.1, -0.05) is 35.0 Å². The third-order valence-electron chi connectivity index (χ3n) is 2.01. The second-order valence-electron chi connectivity index (χ2n) is 3.31. The van der Waals surface area contributed by atoms with Crippen LogP contribution in [-0.4, -0.2) is 12.4 Å². The van der Waals surface area contributed by atoms with Crippen LogP contribution in [-0.2, 0) is 6.42 Å². The third kappa shape index (κ3) is 3.39. The van der Waals surface area contributed by atoms with Gasteiger partial charge in [0.1, 0.15) is 5.75 Å². The number of benzene rings is 1. The Morgan fingerprint density at radius 2 is 1.92 bits per heavy atom. The van der Waals surface area contributed by atoms with Crippen molar-refractivity contribution in [3.05, 3.63) is 29.8 Å². The molecule has 0 spiro atoms. The van der Waals surface area contributed by atoms with Gasteiger partial charge in [-0.15, -0.1) is 0 Å². The lowest BCUT2D eigenvalue weighted by atomic mass is 10.0. The van der Waals surface area contributed by atoms with E-state index in [2.05, 4.69) is 35.0 Å². The number of hydrogen-bond donors (Lipinski definition) is 0. The summed E-state index contributed by atoms with van der Waals surface area (Å²) in [7, 11) is 1.69. The van der Waals surface area contributed by atoms with E-state index in [-0.39, 0.29) is 0 Å². The minimum absolute atomic E-state index is 0.688. The highest BCUT2D eigenvalue weighted by Crippen LogP contribution is 2.15. The second-order valence-corrected chi connectivity index (χ2v) is 3.96. The average molecular weight is 243 g/mol. The first-order valence-corrected chi connectivity index (χ1v) is 5.57. The van der Waals surface area contributed by atoms with Gasteiger partial charge in [0, 0.05) is 5.33 Å². The fraction of sp³-hybridized carbons (Fsp3) is 0.455. The van der Waals surface area contributed by atoms with Crippen molar-refractivity contribution in [1.29, 1.82) is 0 Å². The Morgan fingerprint density at radius 1 is 1.31 bits per heavy atom. The van der Waals surface area contributed by atoms with Gasteiger partial charge in [-0.2, -0.15) is 0 Å². The summed E-state index contributed by atoms with van der Waals surface area (Å²) in [5, 5.41) is 1.05. The van der Waals surface area contributed by atoms with Crippen LogP contribution in [0.4, 0.5) is 0 Å². The van der Waals surface area contributed by atoms with Crippen molar-refractivity contribution in [1.82, 2.24) is 0 Å². The van der Waals surface area contributed by atoms with Gasteiger partial charge < -0.3 is 4.74 Å². The van der Waals surface area contributed by atoms with Crippen LogP contribution < -0.4 is 4.74 Å². The second kappa shape index (κ2) is 5.28. The van der Waals surface area contributed by atoms with E-state index in [1.54, 1.807) is 7.11 Å². The molecule has 1 aromatic carbocycles. The summed E-state index contributed by atoms with van der Waals surface area (Å²) < 4.78 is 5.09. The van der Waals surface area contributed by atoms with E-state index in [0.717, 1.165) is 17.5 Å². The third-order valence-corrected chi connectivity index (χ3v) is 3.11. The van der Waals surface area contributed by atoms with Crippen LogP contribution in [0.1, 0.15) is 12.5 Å². The van der Waals surface area contributed by atoms with Crippen molar-refractivity contribution in [2.75, 3.05) is 12.4 Å². The number of alkyl halides is 1. The zero-order valence-corrected chi connectivity index (χ0v) is 9.67. The summed E-state index contributed by atoms with van der Waals surface area (Å²) in [6.07, 6.45) is 1.12. The fourth-order valence-corrected chi connectivity index (χ4v) is 1.45. The van der Waals surface area contributed by atoms with Gasteiger partial charge in [-0.3, -0.25) is 0 Å². The zero-order chi connectivity index (χ0) is 9.68. The Labute approximate surface area is 88.2 Å². The number of halogens is 1. The molecule has 0 bridgehead atoms. The van der Waals surface area contributed by atoms with E-state index in [9.17, 15) is 0 Å². The Balaban J connectivity index is 2.58. The number of ether oxygens (including phenoxy) is 1. The van der Waals surface area contributed by atoms with Gasteiger partial charge in [0.25, 0.3) is 0 Å². The highest BCUT2D eigenvalue weighted by Gasteiger charge is 2.01. The minimum atomic E-state index is 0.688. The summed E-state index contributed by atoms with van der Waals surface area (Å²) in [6.45, 7) is 2.24. The van der Waals surface area contributed by atoms with Crippen molar-refractivity contribution in [2.45, 2.75) is 13.3 Å². The molecule has 0 aliphatic heterocycles. The maximum Gasteiger partial charge on any atom is 0.118 e. The fourth-order valence-electron chi connectivity index (χ4n) is 1.22. The molecule has 0 N–H and O–H groups in total. The SMILES string of the molecule is COc1ccc(CC(C)CBr)cc1. The van der Waals surface area contributed by atoms with E-state index in [1.165, 1.54) is 5.56 Å². The Morgan fingerprint density at radius 3 is 2.38 bits per heavy atom. The van der Waals surface area contributed by atoms with Crippen molar-refractivity contribution in [3.8, 4) is 5.75 Å². The minimum Gasteiger partial charge on any atom is -0.497 e. The lowest BCUT2D eigenvalue weighted by molar-refractivity contribution is 0.414. The Bertz CT molecular complexity index is 243. The van der Waals surface area contributed by atoms with Crippen LogP contribution in [0.25, 0.3) is 0 Å². The predicted octanol–water partition coefficient (Wildman–Crippen LogP) is 3.27. The molecule has 1 unspecified atom stereocenters. The van der Waals surface area contributed by atoms with Crippen LogP contribution >= 0.6 is 15.9 Å². The molecule has 0 fully saturated rings. The van der Waals surface area contributed by atoms with E-state index in [1.807, 2.05) is 12.1 Å². The number of methoxy groups -OCH3 is 1. The smallest absolute Gasteiger partial charge is 0.118 e. The van der Waals surface area contributed by atoms with Gasteiger partial charge in [0.15, 0.2) is 0 Å². The molecule has 72 valence electrons. The van der Waals surface area contributed by atoms with Crippen LogP contribution in [0, 0.1) is 5.92 Å². The Kier molecular flexibility index (Phi) is 4.29. The van der Waals surface area contributed by atoms with Crippen LogP contribution in [0.15, 0.2) is 24.3 Å². The highest BCUT2D eigenvalue weighted by molar-refractivity contribution is 9.09. The molecule has 0 amide bonds. The van der Waals surface area contributed by atoms with Gasteiger partial charge >= 0.3 is 0 Å². The standard InChI is InChI=1S/C11H15BrO/c1-9(8-12)7-10-3-5-11(13-2)6-4-10/h3-6,9H,7-8H2,1-2H3. The molecule has 1 atom stereocenters. The highest BCUT2D eigenvalue weighted by atomic mass is 79.9. The van der Waals surface area contributed by atoms with Gasteiger partial charge in [-0.25, -0.2) is 0 Å². The van der Waals surface area contributed by atoms with Crippen molar-refractivity contribution >= 4 is 15.9 Å². The molecule has 0 aliphatic rings. The van der Waals surface area contributed by atoms with Crippen molar-refractivity contribution in [2.24, 2.45) is 5.92 Å². The molecular weight excluding hydrogens is 228 g/mol. The van der Waals surface area contributed by atoms with E-state index < -0.39 is 0 Å². The first-order chi connectivity index (χ1) is 6.26. The topological polar surface area (TPSA) is 9.23 Å². The zero-order valence-electron chi connectivity index (χ0n) is 8.09. The Hall–Kier alpha value is -0.500. The summed E-state index contributed by atoms with van der Waals surface area (Å²) in [6, 6.07) is 8.27. The van der Waals surface area contributed by atoms with E-state index >= 15 is 0 Å². The van der Waals surface area contributed by atoms with E-state index in [4.69, 9.17) is 4.74 Å². The summed E-state index contributed by atoms with van der Waals surface area (Å²) in [5.41, 5.74) is 1.37. The molecule has 1 aromatic rings. The predicted molar refractivity (Wildman–Crippen MR) is 59.7 cm³/mol. The molecule has 2 heteroatoms. The van der Waals surface area contributed by atoms with Gasteiger partial charge in [-0.05, 0) is 30.0 Å². The van der Waals surface area contributed by atoms with Crippen LogP contribution in [0.5, 0.6) is 5.75 Å². The first kappa shape index (κ1) is 10.6. The van der Waals surface area contributed by atoms with Crippen LogP contribution in [0.3, 0.4) is 0 Å². The quantitative estimate of drug-likeness (QED) is 0.737. The van der Waals surface area contributed by atoms with Crippen LogP contribution in [0.2, 0.25) is 0 Å². The number of rotatable bonds is 4. The molecule has 13 heavy (non-hydrogen) atoms. The molecule has 0 heterocycles. The normalized spacial score (nSPS) is 12.5.